The quantitative estimate of drug-likeness (QED) is 0.881. The smallest absolute Gasteiger partial charge is 0.223 e. The van der Waals surface area contributed by atoms with Crippen molar-refractivity contribution < 1.29 is 9.21 Å². The van der Waals surface area contributed by atoms with Crippen molar-refractivity contribution in [1.29, 1.82) is 0 Å². The van der Waals surface area contributed by atoms with E-state index in [0.717, 1.165) is 44.0 Å². The molecule has 1 aliphatic heterocycles. The lowest BCUT2D eigenvalue weighted by atomic mass is 10.2. The minimum atomic E-state index is 0.209. The molecule has 1 saturated heterocycles. The molecule has 0 spiro atoms. The van der Waals surface area contributed by atoms with E-state index in [9.17, 15) is 4.79 Å². The van der Waals surface area contributed by atoms with Crippen molar-refractivity contribution in [1.82, 2.24) is 4.90 Å². The number of carbonyl (C=O) groups is 1. The molecule has 2 heterocycles. The summed E-state index contributed by atoms with van der Waals surface area (Å²) in [6.07, 6.45) is 3.81. The third kappa shape index (κ3) is 4.06. The zero-order chi connectivity index (χ0) is 16.1. The lowest BCUT2D eigenvalue weighted by Gasteiger charge is -2.23. The van der Waals surface area contributed by atoms with Gasteiger partial charge < -0.3 is 20.0 Å². The monoisotopic (exact) mass is 313 g/mol. The average molecular weight is 313 g/mol. The number of carbonyl (C=O) groups excluding carboxylic acids is 1. The molecule has 3 rings (SSSR count). The van der Waals surface area contributed by atoms with Gasteiger partial charge in [-0.25, -0.2) is 0 Å². The van der Waals surface area contributed by atoms with Gasteiger partial charge in [-0.3, -0.25) is 4.79 Å². The zero-order valence-electron chi connectivity index (χ0n) is 13.3. The SMILES string of the molecule is Nc1ccc(N2CCCN(C(=O)CCc3ccco3)CC2)cc1. The second-order valence-corrected chi connectivity index (χ2v) is 5.89. The van der Waals surface area contributed by atoms with Gasteiger partial charge in [0.2, 0.25) is 5.91 Å². The summed E-state index contributed by atoms with van der Waals surface area (Å²) >= 11 is 0. The lowest BCUT2D eigenvalue weighted by molar-refractivity contribution is -0.131. The van der Waals surface area contributed by atoms with E-state index in [4.69, 9.17) is 10.2 Å². The number of benzene rings is 1. The molecule has 0 aliphatic carbocycles. The van der Waals surface area contributed by atoms with E-state index in [0.29, 0.717) is 12.8 Å². The van der Waals surface area contributed by atoms with Gasteiger partial charge in [-0.15, -0.1) is 0 Å². The molecule has 2 N–H and O–H groups in total. The van der Waals surface area contributed by atoms with Gasteiger partial charge in [0.1, 0.15) is 5.76 Å². The number of nitrogens with two attached hydrogens (primary N) is 1. The van der Waals surface area contributed by atoms with Crippen LogP contribution in [-0.4, -0.2) is 37.0 Å². The Morgan fingerprint density at radius 3 is 2.65 bits per heavy atom. The summed E-state index contributed by atoms with van der Waals surface area (Å²) in [6.45, 7) is 3.41. The Labute approximate surface area is 136 Å². The van der Waals surface area contributed by atoms with Crippen LogP contribution in [0.25, 0.3) is 0 Å². The van der Waals surface area contributed by atoms with E-state index in [2.05, 4.69) is 4.90 Å². The molecule has 1 amide bonds. The van der Waals surface area contributed by atoms with Crippen LogP contribution in [0.3, 0.4) is 0 Å². The van der Waals surface area contributed by atoms with Crippen molar-refractivity contribution in [2.75, 3.05) is 36.8 Å². The number of nitrogens with zero attached hydrogens (tertiary/aromatic N) is 2. The van der Waals surface area contributed by atoms with Crippen LogP contribution in [0, 0.1) is 0 Å². The Hall–Kier alpha value is -2.43. The molecule has 1 aromatic carbocycles. The average Bonchev–Trinajstić information content (AvgIpc) is 2.96. The standard InChI is InChI=1S/C18H23N3O2/c19-15-4-6-16(7-5-15)20-10-2-11-21(13-12-20)18(22)9-8-17-3-1-14-23-17/h1,3-7,14H,2,8-13,19H2. The summed E-state index contributed by atoms with van der Waals surface area (Å²) in [5, 5.41) is 0. The first kappa shape index (κ1) is 15.5. The molecule has 0 atom stereocenters. The lowest BCUT2D eigenvalue weighted by Crippen LogP contribution is -2.35. The van der Waals surface area contributed by atoms with E-state index >= 15 is 0 Å². The fraction of sp³-hybridized carbons (Fsp3) is 0.389. The van der Waals surface area contributed by atoms with Crippen molar-refractivity contribution in [2.45, 2.75) is 19.3 Å². The van der Waals surface area contributed by atoms with Gasteiger partial charge >= 0.3 is 0 Å². The molecule has 1 aromatic heterocycles. The van der Waals surface area contributed by atoms with E-state index in [-0.39, 0.29) is 5.91 Å². The van der Waals surface area contributed by atoms with Gasteiger partial charge in [-0.1, -0.05) is 0 Å². The Morgan fingerprint density at radius 1 is 1.09 bits per heavy atom. The van der Waals surface area contributed by atoms with Crippen molar-refractivity contribution in [2.24, 2.45) is 0 Å². The van der Waals surface area contributed by atoms with Crippen LogP contribution < -0.4 is 10.6 Å². The molecule has 0 unspecified atom stereocenters. The van der Waals surface area contributed by atoms with Crippen molar-refractivity contribution in [3.63, 3.8) is 0 Å². The van der Waals surface area contributed by atoms with Gasteiger partial charge in [-0.05, 0) is 42.8 Å². The molecule has 0 radical (unpaired) electrons. The molecular formula is C18H23N3O2. The van der Waals surface area contributed by atoms with E-state index in [1.54, 1.807) is 6.26 Å². The predicted molar refractivity (Wildman–Crippen MR) is 91.3 cm³/mol. The number of anilines is 2. The van der Waals surface area contributed by atoms with Crippen LogP contribution in [-0.2, 0) is 11.2 Å². The van der Waals surface area contributed by atoms with Crippen molar-refractivity contribution in [3.05, 3.63) is 48.4 Å². The van der Waals surface area contributed by atoms with Gasteiger partial charge in [0.05, 0.1) is 6.26 Å². The largest absolute Gasteiger partial charge is 0.469 e. The Bertz CT molecular complexity index is 622. The summed E-state index contributed by atoms with van der Waals surface area (Å²) in [5.41, 5.74) is 7.69. The molecular weight excluding hydrogens is 290 g/mol. The number of rotatable bonds is 4. The maximum absolute atomic E-state index is 12.4. The number of aryl methyl sites for hydroxylation is 1. The highest BCUT2D eigenvalue weighted by Crippen LogP contribution is 2.18. The van der Waals surface area contributed by atoms with Crippen LogP contribution in [0.2, 0.25) is 0 Å². The van der Waals surface area contributed by atoms with E-state index in [1.165, 1.54) is 5.69 Å². The normalized spacial score (nSPS) is 15.5. The van der Waals surface area contributed by atoms with Gasteiger partial charge in [0.15, 0.2) is 0 Å². The van der Waals surface area contributed by atoms with E-state index in [1.807, 2.05) is 41.3 Å². The molecule has 0 saturated carbocycles. The summed E-state index contributed by atoms with van der Waals surface area (Å²) in [7, 11) is 0. The number of hydrogen-bond acceptors (Lipinski definition) is 4. The molecule has 5 heteroatoms. The zero-order valence-corrected chi connectivity index (χ0v) is 13.3. The highest BCUT2D eigenvalue weighted by Gasteiger charge is 2.19. The summed E-state index contributed by atoms with van der Waals surface area (Å²) in [6, 6.07) is 11.7. The van der Waals surface area contributed by atoms with Crippen molar-refractivity contribution in [3.8, 4) is 0 Å². The molecule has 2 aromatic rings. The highest BCUT2D eigenvalue weighted by molar-refractivity contribution is 5.76. The summed E-state index contributed by atoms with van der Waals surface area (Å²) in [4.78, 5) is 16.7. The number of amides is 1. The molecule has 0 bridgehead atoms. The number of nitrogen functional groups attached to an aromatic ring is 1. The Balaban J connectivity index is 1.53. The third-order valence-corrected chi connectivity index (χ3v) is 4.27. The van der Waals surface area contributed by atoms with Gasteiger partial charge in [0, 0.05) is 50.4 Å². The fourth-order valence-electron chi connectivity index (χ4n) is 2.95. The first-order chi connectivity index (χ1) is 11.2. The highest BCUT2D eigenvalue weighted by atomic mass is 16.3. The third-order valence-electron chi connectivity index (χ3n) is 4.27. The molecule has 5 nitrogen and oxygen atoms in total. The maximum Gasteiger partial charge on any atom is 0.223 e. The maximum atomic E-state index is 12.4. The topological polar surface area (TPSA) is 62.7 Å². The molecule has 1 aliphatic rings. The van der Waals surface area contributed by atoms with Gasteiger partial charge in [-0.2, -0.15) is 0 Å². The molecule has 122 valence electrons. The number of furan rings is 1. The first-order valence-corrected chi connectivity index (χ1v) is 8.13. The Kier molecular flexibility index (Phi) is 4.86. The second kappa shape index (κ2) is 7.22. The first-order valence-electron chi connectivity index (χ1n) is 8.13. The number of hydrogen-bond donors (Lipinski definition) is 1. The minimum Gasteiger partial charge on any atom is -0.469 e. The summed E-state index contributed by atoms with van der Waals surface area (Å²) < 4.78 is 5.29. The molecule has 23 heavy (non-hydrogen) atoms. The predicted octanol–water partition coefficient (Wildman–Crippen LogP) is 2.53. The second-order valence-electron chi connectivity index (χ2n) is 5.89. The van der Waals surface area contributed by atoms with Crippen LogP contribution in [0.4, 0.5) is 11.4 Å². The molecule has 1 fully saturated rings. The van der Waals surface area contributed by atoms with E-state index < -0.39 is 0 Å². The van der Waals surface area contributed by atoms with Crippen LogP contribution in [0.1, 0.15) is 18.6 Å². The minimum absolute atomic E-state index is 0.209. The summed E-state index contributed by atoms with van der Waals surface area (Å²) in [5.74, 6) is 1.08. The van der Waals surface area contributed by atoms with Crippen molar-refractivity contribution >= 4 is 17.3 Å². The van der Waals surface area contributed by atoms with Crippen LogP contribution >= 0.6 is 0 Å². The fourth-order valence-corrected chi connectivity index (χ4v) is 2.95. The Morgan fingerprint density at radius 2 is 1.91 bits per heavy atom. The van der Waals surface area contributed by atoms with Gasteiger partial charge in [0.25, 0.3) is 0 Å². The van der Waals surface area contributed by atoms with Crippen LogP contribution in [0.15, 0.2) is 47.1 Å². The van der Waals surface area contributed by atoms with Crippen LogP contribution in [0.5, 0.6) is 0 Å².